The number of hydrogen-bond donors (Lipinski definition) is 2. The van der Waals surface area contributed by atoms with Gasteiger partial charge in [-0.2, -0.15) is 5.09 Å². The minimum atomic E-state index is -4.00. The summed E-state index contributed by atoms with van der Waals surface area (Å²) in [5.41, 5.74) is -1.07. The monoisotopic (exact) mass is 495 g/mol. The molecule has 1 aliphatic rings. The van der Waals surface area contributed by atoms with E-state index >= 15 is 0 Å². The quantitative estimate of drug-likeness (QED) is 0.259. The second-order valence-corrected chi connectivity index (χ2v) is 9.57. The summed E-state index contributed by atoms with van der Waals surface area (Å²) in [7, 11) is -4.00. The van der Waals surface area contributed by atoms with E-state index in [1.807, 2.05) is 6.92 Å². The molecule has 2 aromatic rings. The molecule has 0 amide bonds. The Bertz CT molecular complexity index is 1100. The first-order valence-corrected chi connectivity index (χ1v) is 12.7. The number of unbranched alkanes of at least 4 members (excludes halogenated alkanes) is 1. The highest BCUT2D eigenvalue weighted by atomic mass is 31.2. The molecule has 2 heterocycles. The van der Waals surface area contributed by atoms with Crippen LogP contribution < -0.4 is 20.9 Å². The van der Waals surface area contributed by atoms with Crippen LogP contribution in [0.1, 0.15) is 45.8 Å². The third kappa shape index (κ3) is 7.39. The Hall–Kier alpha value is -2.72. The summed E-state index contributed by atoms with van der Waals surface area (Å²) in [5.74, 6) is -0.265. The van der Waals surface area contributed by atoms with Gasteiger partial charge in [-0.15, -0.1) is 0 Å². The fourth-order valence-electron chi connectivity index (χ4n) is 3.29. The van der Waals surface area contributed by atoms with Gasteiger partial charge in [-0.3, -0.25) is 23.7 Å². The molecule has 1 aromatic heterocycles. The average molecular weight is 495 g/mol. The van der Waals surface area contributed by atoms with Crippen LogP contribution in [0.15, 0.2) is 52.2 Å². The first-order chi connectivity index (χ1) is 16.3. The fourth-order valence-corrected chi connectivity index (χ4v) is 4.81. The van der Waals surface area contributed by atoms with Crippen molar-refractivity contribution in [3.05, 3.63) is 63.4 Å². The van der Waals surface area contributed by atoms with Crippen LogP contribution in [-0.2, 0) is 23.4 Å². The molecule has 0 radical (unpaired) electrons. The molecule has 1 fully saturated rings. The highest BCUT2D eigenvalue weighted by Crippen LogP contribution is 2.45. The lowest BCUT2D eigenvalue weighted by atomic mass is 10.2. The maximum absolute atomic E-state index is 13.5. The number of benzene rings is 1. The van der Waals surface area contributed by atoms with Crippen LogP contribution in [0.25, 0.3) is 0 Å². The molecular weight excluding hydrogens is 465 g/mol. The molecule has 1 aromatic carbocycles. The lowest BCUT2D eigenvalue weighted by molar-refractivity contribution is -0.145. The molecule has 1 aliphatic heterocycles. The first kappa shape index (κ1) is 25.9. The molecule has 1 saturated heterocycles. The molecule has 4 atom stereocenters. The summed E-state index contributed by atoms with van der Waals surface area (Å²) < 4.78 is 37.1. The van der Waals surface area contributed by atoms with E-state index in [4.69, 9.17) is 18.5 Å². The zero-order valence-electron chi connectivity index (χ0n) is 19.2. The minimum Gasteiger partial charge on any atom is -0.465 e. The number of para-hydroxylation sites is 1. The zero-order valence-corrected chi connectivity index (χ0v) is 20.1. The van der Waals surface area contributed by atoms with Crippen molar-refractivity contribution >= 4 is 13.7 Å². The molecule has 0 bridgehead atoms. The van der Waals surface area contributed by atoms with E-state index in [9.17, 15) is 18.9 Å². The lowest BCUT2D eigenvalue weighted by Gasteiger charge is -2.24. The van der Waals surface area contributed by atoms with Gasteiger partial charge in [-0.1, -0.05) is 31.5 Å². The van der Waals surface area contributed by atoms with Crippen molar-refractivity contribution in [2.75, 3.05) is 13.2 Å². The third-order valence-corrected chi connectivity index (χ3v) is 6.74. The number of carbonyl (C=O) groups is 1. The normalized spacial score (nSPS) is 20.4. The van der Waals surface area contributed by atoms with Crippen LogP contribution in [0.4, 0.5) is 0 Å². The minimum absolute atomic E-state index is 0.108. The van der Waals surface area contributed by atoms with Crippen molar-refractivity contribution in [3.63, 3.8) is 0 Å². The largest absolute Gasteiger partial charge is 0.465 e. The van der Waals surface area contributed by atoms with Crippen molar-refractivity contribution in [1.29, 1.82) is 0 Å². The van der Waals surface area contributed by atoms with Gasteiger partial charge in [0, 0.05) is 12.3 Å². The van der Waals surface area contributed by atoms with Crippen molar-refractivity contribution in [2.24, 2.45) is 0 Å². The van der Waals surface area contributed by atoms with E-state index in [0.717, 1.165) is 12.8 Å². The van der Waals surface area contributed by atoms with Crippen LogP contribution in [0.5, 0.6) is 5.75 Å². The Kier molecular flexibility index (Phi) is 9.23. The molecule has 12 heteroatoms. The number of esters is 1. The summed E-state index contributed by atoms with van der Waals surface area (Å²) in [6, 6.07) is 8.75. The van der Waals surface area contributed by atoms with Gasteiger partial charge >= 0.3 is 19.4 Å². The van der Waals surface area contributed by atoms with Crippen molar-refractivity contribution in [2.45, 2.75) is 57.9 Å². The SMILES string of the molecule is CCCCOC(=O)C(C)NP(=O)(OCC1CCC(n2ccc(=O)[nH]c2=O)O1)Oc1ccccc1. The molecule has 11 nitrogen and oxygen atoms in total. The molecule has 2 N–H and O–H groups in total. The molecule has 0 aliphatic carbocycles. The number of aromatic amines is 1. The zero-order chi connectivity index (χ0) is 24.6. The molecule has 3 rings (SSSR count). The maximum atomic E-state index is 13.5. The van der Waals surface area contributed by atoms with Crippen LogP contribution in [0.2, 0.25) is 0 Å². The Morgan fingerprint density at radius 1 is 1.26 bits per heavy atom. The van der Waals surface area contributed by atoms with Crippen LogP contribution in [-0.4, -0.2) is 40.9 Å². The summed E-state index contributed by atoms with van der Waals surface area (Å²) in [6.07, 6.45) is 2.92. The highest BCUT2D eigenvalue weighted by molar-refractivity contribution is 7.52. The smallest absolute Gasteiger partial charge is 0.459 e. The van der Waals surface area contributed by atoms with Gasteiger partial charge in [0.05, 0.1) is 19.3 Å². The van der Waals surface area contributed by atoms with Crippen molar-refractivity contribution < 1.29 is 27.9 Å². The molecule has 0 saturated carbocycles. The van der Waals surface area contributed by atoms with Gasteiger partial charge < -0.3 is 14.0 Å². The van der Waals surface area contributed by atoms with E-state index in [0.29, 0.717) is 18.6 Å². The molecular formula is C22H30N3O8P. The number of ether oxygens (including phenoxy) is 2. The van der Waals surface area contributed by atoms with Gasteiger partial charge in [0.1, 0.15) is 18.0 Å². The molecule has 34 heavy (non-hydrogen) atoms. The number of aromatic nitrogens is 2. The predicted octanol–water partition coefficient (Wildman–Crippen LogP) is 2.74. The van der Waals surface area contributed by atoms with E-state index in [2.05, 4.69) is 10.1 Å². The van der Waals surface area contributed by atoms with E-state index in [1.54, 1.807) is 30.3 Å². The number of nitrogens with one attached hydrogen (secondary N) is 2. The van der Waals surface area contributed by atoms with Crippen molar-refractivity contribution in [1.82, 2.24) is 14.6 Å². The lowest BCUT2D eigenvalue weighted by Crippen LogP contribution is -2.36. The van der Waals surface area contributed by atoms with E-state index in [1.165, 1.54) is 23.8 Å². The predicted molar refractivity (Wildman–Crippen MR) is 124 cm³/mol. The van der Waals surface area contributed by atoms with Crippen LogP contribution >= 0.6 is 7.75 Å². The second-order valence-electron chi connectivity index (χ2n) is 7.88. The van der Waals surface area contributed by atoms with Gasteiger partial charge in [0.2, 0.25) is 0 Å². The molecule has 4 unspecified atom stereocenters. The van der Waals surface area contributed by atoms with E-state index in [-0.39, 0.29) is 13.2 Å². The van der Waals surface area contributed by atoms with Gasteiger partial charge in [0.15, 0.2) is 0 Å². The summed E-state index contributed by atoms with van der Waals surface area (Å²) in [4.78, 5) is 37.7. The van der Waals surface area contributed by atoms with Gasteiger partial charge in [-0.05, 0) is 38.3 Å². The number of rotatable bonds is 12. The fraction of sp³-hybridized carbons (Fsp3) is 0.500. The number of nitrogens with zero attached hydrogens (tertiary/aromatic N) is 1. The number of carbonyl (C=O) groups excluding carboxylic acids is 1. The second kappa shape index (κ2) is 12.1. The Labute approximate surface area is 197 Å². The van der Waals surface area contributed by atoms with E-state index < -0.39 is 43.3 Å². The molecule has 186 valence electrons. The van der Waals surface area contributed by atoms with Crippen LogP contribution in [0, 0.1) is 0 Å². The van der Waals surface area contributed by atoms with Crippen molar-refractivity contribution in [3.8, 4) is 5.75 Å². The Morgan fingerprint density at radius 3 is 2.74 bits per heavy atom. The Balaban J connectivity index is 1.64. The Morgan fingerprint density at radius 2 is 2.03 bits per heavy atom. The number of H-pyrrole nitrogens is 1. The van der Waals surface area contributed by atoms with Gasteiger partial charge in [-0.25, -0.2) is 9.36 Å². The first-order valence-electron chi connectivity index (χ1n) is 11.2. The molecule has 0 spiro atoms. The highest BCUT2D eigenvalue weighted by Gasteiger charge is 2.35. The maximum Gasteiger partial charge on any atom is 0.459 e. The topological polar surface area (TPSA) is 138 Å². The third-order valence-electron chi connectivity index (χ3n) is 5.09. The summed E-state index contributed by atoms with van der Waals surface area (Å²) in [6.45, 7) is 3.66. The standard InChI is InChI=1S/C22H30N3O8P/c1-3-4-14-30-21(27)16(2)24-34(29,33-17-8-6-5-7-9-17)31-15-18-10-11-20(32-18)25-13-12-19(26)23-22(25)28/h5-9,12-13,16,18,20H,3-4,10-11,14-15H2,1-2H3,(H,24,29)(H,23,26,28). The van der Waals surface area contributed by atoms with Gasteiger partial charge in [0.25, 0.3) is 5.56 Å². The average Bonchev–Trinajstić information content (AvgIpc) is 3.27. The number of hydrogen-bond acceptors (Lipinski definition) is 8. The summed E-state index contributed by atoms with van der Waals surface area (Å²) >= 11 is 0. The summed E-state index contributed by atoms with van der Waals surface area (Å²) in [5, 5.41) is 2.64. The van der Waals surface area contributed by atoms with Crippen LogP contribution in [0.3, 0.4) is 0 Å².